The third-order valence-corrected chi connectivity index (χ3v) is 3.59. The van der Waals surface area contributed by atoms with E-state index in [0.29, 0.717) is 30.2 Å². The molecule has 8 nitrogen and oxygen atoms in total. The van der Waals surface area contributed by atoms with E-state index >= 15 is 0 Å². The van der Waals surface area contributed by atoms with Crippen LogP contribution in [0.1, 0.15) is 26.5 Å². The van der Waals surface area contributed by atoms with Gasteiger partial charge in [0.1, 0.15) is 11.9 Å². The quantitative estimate of drug-likeness (QED) is 0.590. The second-order valence-electron chi connectivity index (χ2n) is 5.49. The number of aryl methyl sites for hydroxylation is 1. The standard InChI is InChI=1S/C17H21N5O3/c1-4-13-10-15(19-11(3)17(23)18-5-2)21-16(20-13)12-6-8-14(9-7-12)22(24)25/h6-11H,4-5H2,1-3H3,(H,18,23)(H,19,20,21). The lowest BCUT2D eigenvalue weighted by Gasteiger charge is -2.15. The third kappa shape index (κ3) is 4.72. The van der Waals surface area contributed by atoms with Crippen molar-refractivity contribution in [3.8, 4) is 11.4 Å². The highest BCUT2D eigenvalue weighted by molar-refractivity contribution is 5.83. The van der Waals surface area contributed by atoms with Crippen LogP contribution in [0.4, 0.5) is 11.5 Å². The van der Waals surface area contributed by atoms with Crippen LogP contribution in [0.3, 0.4) is 0 Å². The van der Waals surface area contributed by atoms with Gasteiger partial charge in [-0.3, -0.25) is 14.9 Å². The van der Waals surface area contributed by atoms with E-state index in [1.54, 1.807) is 25.1 Å². The Kier molecular flexibility index (Phi) is 5.99. The largest absolute Gasteiger partial charge is 0.359 e. The Bertz CT molecular complexity index is 761. The summed E-state index contributed by atoms with van der Waals surface area (Å²) < 4.78 is 0. The van der Waals surface area contributed by atoms with Crippen molar-refractivity contribution in [2.75, 3.05) is 11.9 Å². The van der Waals surface area contributed by atoms with Gasteiger partial charge < -0.3 is 10.6 Å². The van der Waals surface area contributed by atoms with Gasteiger partial charge in [0.25, 0.3) is 5.69 Å². The molecule has 2 rings (SSSR count). The summed E-state index contributed by atoms with van der Waals surface area (Å²) in [5.74, 6) is 0.884. The first-order valence-electron chi connectivity index (χ1n) is 8.11. The predicted molar refractivity (Wildman–Crippen MR) is 95.3 cm³/mol. The zero-order valence-electron chi connectivity index (χ0n) is 14.4. The maximum absolute atomic E-state index is 11.9. The number of likely N-dealkylation sites (N-methyl/N-ethyl adjacent to an activating group) is 1. The molecule has 0 saturated heterocycles. The molecule has 25 heavy (non-hydrogen) atoms. The molecular formula is C17H21N5O3. The molecule has 8 heteroatoms. The molecule has 132 valence electrons. The van der Waals surface area contributed by atoms with Crippen LogP contribution in [-0.2, 0) is 11.2 Å². The number of non-ortho nitro benzene ring substituents is 1. The molecular weight excluding hydrogens is 322 g/mol. The lowest BCUT2D eigenvalue weighted by molar-refractivity contribution is -0.384. The van der Waals surface area contributed by atoms with Crippen LogP contribution in [0.5, 0.6) is 0 Å². The molecule has 1 atom stereocenters. The Labute approximate surface area is 145 Å². The summed E-state index contributed by atoms with van der Waals surface area (Å²) in [6.07, 6.45) is 0.701. The Morgan fingerprint density at radius 1 is 1.24 bits per heavy atom. The van der Waals surface area contributed by atoms with Gasteiger partial charge in [-0.05, 0) is 32.4 Å². The lowest BCUT2D eigenvalue weighted by atomic mass is 10.2. The number of hydrogen-bond donors (Lipinski definition) is 2. The second kappa shape index (κ2) is 8.18. The number of nitro benzene ring substituents is 1. The molecule has 0 radical (unpaired) electrons. The number of rotatable bonds is 7. The van der Waals surface area contributed by atoms with Gasteiger partial charge in [-0.2, -0.15) is 0 Å². The zero-order valence-corrected chi connectivity index (χ0v) is 14.4. The molecule has 1 aromatic heterocycles. The van der Waals surface area contributed by atoms with Gasteiger partial charge in [-0.15, -0.1) is 0 Å². The van der Waals surface area contributed by atoms with E-state index in [1.807, 2.05) is 13.8 Å². The first kappa shape index (κ1) is 18.3. The summed E-state index contributed by atoms with van der Waals surface area (Å²) in [5, 5.41) is 16.6. The minimum absolute atomic E-state index is 0.0126. The number of benzene rings is 1. The molecule has 0 spiro atoms. The number of nitro groups is 1. The van der Waals surface area contributed by atoms with E-state index < -0.39 is 11.0 Å². The molecule has 0 bridgehead atoms. The van der Waals surface area contributed by atoms with E-state index in [9.17, 15) is 14.9 Å². The van der Waals surface area contributed by atoms with Crippen LogP contribution in [-0.4, -0.2) is 33.4 Å². The van der Waals surface area contributed by atoms with Crippen molar-refractivity contribution in [3.63, 3.8) is 0 Å². The summed E-state index contributed by atoms with van der Waals surface area (Å²) in [6, 6.07) is 7.42. The Morgan fingerprint density at radius 2 is 1.92 bits per heavy atom. The van der Waals surface area contributed by atoms with Crippen molar-refractivity contribution in [1.29, 1.82) is 0 Å². The zero-order chi connectivity index (χ0) is 18.4. The molecule has 0 aliphatic rings. The van der Waals surface area contributed by atoms with Crippen molar-refractivity contribution in [2.24, 2.45) is 0 Å². The summed E-state index contributed by atoms with van der Waals surface area (Å²) in [5.41, 5.74) is 1.50. The number of amides is 1. The van der Waals surface area contributed by atoms with Gasteiger partial charge in [-0.1, -0.05) is 6.92 Å². The maximum Gasteiger partial charge on any atom is 0.269 e. The molecule has 0 fully saturated rings. The van der Waals surface area contributed by atoms with Gasteiger partial charge in [0.15, 0.2) is 5.82 Å². The van der Waals surface area contributed by atoms with Crippen molar-refractivity contribution >= 4 is 17.4 Å². The van der Waals surface area contributed by atoms with Crippen molar-refractivity contribution < 1.29 is 9.72 Å². The number of nitrogens with one attached hydrogen (secondary N) is 2. The fraction of sp³-hybridized carbons (Fsp3) is 0.353. The van der Waals surface area contributed by atoms with Crippen molar-refractivity contribution in [1.82, 2.24) is 15.3 Å². The van der Waals surface area contributed by atoms with Crippen LogP contribution in [0.2, 0.25) is 0 Å². The highest BCUT2D eigenvalue weighted by Crippen LogP contribution is 2.21. The first-order valence-corrected chi connectivity index (χ1v) is 8.11. The smallest absolute Gasteiger partial charge is 0.269 e. The van der Waals surface area contributed by atoms with E-state index in [-0.39, 0.29) is 11.6 Å². The molecule has 0 aliphatic carbocycles. The number of carbonyl (C=O) groups is 1. The molecule has 2 aromatic rings. The summed E-state index contributed by atoms with van der Waals surface area (Å²) in [4.78, 5) is 31.1. The summed E-state index contributed by atoms with van der Waals surface area (Å²) in [7, 11) is 0. The van der Waals surface area contributed by atoms with E-state index in [0.717, 1.165) is 5.69 Å². The molecule has 0 aliphatic heterocycles. The number of anilines is 1. The Balaban J connectivity index is 2.30. The molecule has 1 amide bonds. The highest BCUT2D eigenvalue weighted by Gasteiger charge is 2.14. The Morgan fingerprint density at radius 3 is 2.48 bits per heavy atom. The third-order valence-electron chi connectivity index (χ3n) is 3.59. The molecule has 2 N–H and O–H groups in total. The molecule has 1 heterocycles. The summed E-state index contributed by atoms with van der Waals surface area (Å²) in [6.45, 7) is 6.14. The molecule has 1 aromatic carbocycles. The lowest BCUT2D eigenvalue weighted by Crippen LogP contribution is -2.37. The van der Waals surface area contributed by atoms with Gasteiger partial charge in [0, 0.05) is 36.0 Å². The Hall–Kier alpha value is -3.03. The minimum atomic E-state index is -0.450. The van der Waals surface area contributed by atoms with E-state index in [4.69, 9.17) is 0 Å². The van der Waals surface area contributed by atoms with E-state index in [2.05, 4.69) is 20.6 Å². The van der Waals surface area contributed by atoms with E-state index in [1.165, 1.54) is 12.1 Å². The number of hydrogen-bond acceptors (Lipinski definition) is 6. The predicted octanol–water partition coefficient (Wildman–Crippen LogP) is 2.55. The van der Waals surface area contributed by atoms with Crippen molar-refractivity contribution in [2.45, 2.75) is 33.2 Å². The molecule has 1 unspecified atom stereocenters. The van der Waals surface area contributed by atoms with Crippen LogP contribution in [0, 0.1) is 10.1 Å². The normalized spacial score (nSPS) is 11.6. The minimum Gasteiger partial charge on any atom is -0.359 e. The van der Waals surface area contributed by atoms with Crippen LogP contribution >= 0.6 is 0 Å². The van der Waals surface area contributed by atoms with Gasteiger partial charge >= 0.3 is 0 Å². The van der Waals surface area contributed by atoms with Crippen LogP contribution < -0.4 is 10.6 Å². The van der Waals surface area contributed by atoms with Gasteiger partial charge in [0.2, 0.25) is 5.91 Å². The second-order valence-corrected chi connectivity index (χ2v) is 5.49. The van der Waals surface area contributed by atoms with Crippen LogP contribution in [0.15, 0.2) is 30.3 Å². The van der Waals surface area contributed by atoms with Crippen molar-refractivity contribution in [3.05, 3.63) is 46.1 Å². The maximum atomic E-state index is 11.9. The average Bonchev–Trinajstić information content (AvgIpc) is 2.61. The fourth-order valence-corrected chi connectivity index (χ4v) is 2.23. The summed E-state index contributed by atoms with van der Waals surface area (Å²) >= 11 is 0. The van der Waals surface area contributed by atoms with Gasteiger partial charge in [0.05, 0.1) is 4.92 Å². The fourth-order valence-electron chi connectivity index (χ4n) is 2.23. The van der Waals surface area contributed by atoms with Gasteiger partial charge in [-0.25, -0.2) is 9.97 Å². The number of nitrogens with zero attached hydrogens (tertiary/aromatic N) is 3. The highest BCUT2D eigenvalue weighted by atomic mass is 16.6. The monoisotopic (exact) mass is 343 g/mol. The number of carbonyl (C=O) groups excluding carboxylic acids is 1. The topological polar surface area (TPSA) is 110 Å². The van der Waals surface area contributed by atoms with Crippen LogP contribution in [0.25, 0.3) is 11.4 Å². The average molecular weight is 343 g/mol. The number of aromatic nitrogens is 2. The first-order chi connectivity index (χ1) is 11.9. The SMILES string of the molecule is CCNC(=O)C(C)Nc1cc(CC)nc(-c2ccc([N+](=O)[O-])cc2)n1. The molecule has 0 saturated carbocycles.